The van der Waals surface area contributed by atoms with Crippen LogP contribution in [0.5, 0.6) is 0 Å². The van der Waals surface area contributed by atoms with Crippen LogP contribution in [0.1, 0.15) is 19.3 Å². The average Bonchev–Trinajstić information content (AvgIpc) is 2.85. The Bertz CT molecular complexity index is 539. The molecule has 1 aromatic carbocycles. The molecule has 4 nitrogen and oxygen atoms in total. The minimum Gasteiger partial charge on any atom is -0.481 e. The van der Waals surface area contributed by atoms with Gasteiger partial charge < -0.3 is 10.4 Å². The number of halogens is 3. The van der Waals surface area contributed by atoms with Crippen molar-refractivity contribution < 1.29 is 27.9 Å². The molecule has 2 unspecified atom stereocenters. The fourth-order valence-electron chi connectivity index (χ4n) is 2.32. The topological polar surface area (TPSA) is 66.4 Å². The van der Waals surface area contributed by atoms with Crippen LogP contribution in [0.15, 0.2) is 12.1 Å². The summed E-state index contributed by atoms with van der Waals surface area (Å²) in [5, 5.41) is 11.1. The fourth-order valence-corrected chi connectivity index (χ4v) is 2.32. The molecule has 0 spiro atoms. The zero-order valence-corrected chi connectivity index (χ0v) is 10.3. The molecule has 20 heavy (non-hydrogen) atoms. The molecule has 0 bridgehead atoms. The molecule has 2 rings (SSSR count). The van der Waals surface area contributed by atoms with E-state index >= 15 is 0 Å². The quantitative estimate of drug-likeness (QED) is 0.840. The Morgan fingerprint density at radius 3 is 2.15 bits per heavy atom. The van der Waals surface area contributed by atoms with Crippen molar-refractivity contribution in [2.45, 2.75) is 19.3 Å². The molecule has 1 aliphatic carbocycles. The average molecular weight is 287 g/mol. The lowest BCUT2D eigenvalue weighted by Crippen LogP contribution is -2.22. The summed E-state index contributed by atoms with van der Waals surface area (Å²) >= 11 is 0. The van der Waals surface area contributed by atoms with Crippen molar-refractivity contribution in [2.75, 3.05) is 5.32 Å². The van der Waals surface area contributed by atoms with Gasteiger partial charge in [-0.3, -0.25) is 9.59 Å². The lowest BCUT2D eigenvalue weighted by Gasteiger charge is -2.11. The molecule has 0 radical (unpaired) electrons. The van der Waals surface area contributed by atoms with Crippen molar-refractivity contribution in [3.05, 3.63) is 29.6 Å². The Hall–Kier alpha value is -2.05. The van der Waals surface area contributed by atoms with Crippen LogP contribution in [0.2, 0.25) is 0 Å². The highest BCUT2D eigenvalue weighted by Gasteiger charge is 2.33. The minimum atomic E-state index is -1.60. The van der Waals surface area contributed by atoms with Gasteiger partial charge in [0, 0.05) is 23.7 Å². The maximum Gasteiger partial charge on any atom is 0.306 e. The summed E-state index contributed by atoms with van der Waals surface area (Å²) < 4.78 is 38.7. The van der Waals surface area contributed by atoms with Gasteiger partial charge in [0.25, 0.3) is 0 Å². The Labute approximate surface area is 112 Å². The van der Waals surface area contributed by atoms with Gasteiger partial charge in [-0.15, -0.1) is 0 Å². The zero-order valence-electron chi connectivity index (χ0n) is 10.3. The number of carbonyl (C=O) groups excluding carboxylic acids is 1. The van der Waals surface area contributed by atoms with Crippen LogP contribution < -0.4 is 5.32 Å². The number of carbonyl (C=O) groups is 2. The van der Waals surface area contributed by atoms with Gasteiger partial charge >= 0.3 is 5.97 Å². The van der Waals surface area contributed by atoms with Gasteiger partial charge in [-0.05, 0) is 19.3 Å². The standard InChI is InChI=1S/C13H12F3NO3/c14-9-4-8(5-10(15)11(9)16)17-12(18)6-1-2-7(3-6)13(19)20/h4-7H,1-3H2,(H,17,18)(H,19,20). The summed E-state index contributed by atoms with van der Waals surface area (Å²) in [7, 11) is 0. The van der Waals surface area contributed by atoms with Gasteiger partial charge in [-0.25, -0.2) is 13.2 Å². The Morgan fingerprint density at radius 1 is 1.10 bits per heavy atom. The van der Waals surface area contributed by atoms with E-state index in [0.29, 0.717) is 25.0 Å². The first-order valence-corrected chi connectivity index (χ1v) is 6.06. The van der Waals surface area contributed by atoms with Crippen LogP contribution in [0.25, 0.3) is 0 Å². The Morgan fingerprint density at radius 2 is 1.65 bits per heavy atom. The molecular weight excluding hydrogens is 275 g/mol. The molecular formula is C13H12F3NO3. The highest BCUT2D eigenvalue weighted by Crippen LogP contribution is 2.32. The van der Waals surface area contributed by atoms with Crippen LogP contribution in [0, 0.1) is 29.3 Å². The van der Waals surface area contributed by atoms with Crippen LogP contribution in [0.3, 0.4) is 0 Å². The van der Waals surface area contributed by atoms with Gasteiger partial charge in [-0.2, -0.15) is 0 Å². The van der Waals surface area contributed by atoms with Crippen LogP contribution >= 0.6 is 0 Å². The number of nitrogens with one attached hydrogen (secondary N) is 1. The number of hydrogen-bond donors (Lipinski definition) is 2. The predicted octanol–water partition coefficient (Wildman–Crippen LogP) is 2.54. The molecule has 1 aromatic rings. The molecule has 0 aliphatic heterocycles. The number of carboxylic acids is 1. The maximum atomic E-state index is 13.0. The molecule has 1 aliphatic rings. The summed E-state index contributed by atoms with van der Waals surface area (Å²) in [6.07, 6.45) is 0.974. The van der Waals surface area contributed by atoms with Crippen LogP contribution in [0.4, 0.5) is 18.9 Å². The molecule has 1 saturated carbocycles. The van der Waals surface area contributed by atoms with E-state index in [9.17, 15) is 22.8 Å². The summed E-state index contributed by atoms with van der Waals surface area (Å²) in [4.78, 5) is 22.6. The SMILES string of the molecule is O=C(O)C1CCC(C(=O)Nc2cc(F)c(F)c(F)c2)C1. The van der Waals surface area contributed by atoms with Gasteiger partial charge in [0.15, 0.2) is 17.5 Å². The van der Waals surface area contributed by atoms with E-state index < -0.39 is 41.2 Å². The third-order valence-electron chi connectivity index (χ3n) is 3.40. The van der Waals surface area contributed by atoms with Gasteiger partial charge in [-0.1, -0.05) is 0 Å². The first kappa shape index (κ1) is 14.4. The van der Waals surface area contributed by atoms with E-state index in [2.05, 4.69) is 5.32 Å². The van der Waals surface area contributed by atoms with Crippen molar-refractivity contribution in [1.82, 2.24) is 0 Å². The molecule has 108 valence electrons. The smallest absolute Gasteiger partial charge is 0.306 e. The molecule has 0 saturated heterocycles. The molecule has 1 fully saturated rings. The number of benzene rings is 1. The number of rotatable bonds is 3. The second-order valence-electron chi connectivity index (χ2n) is 4.79. The molecule has 2 atom stereocenters. The van der Waals surface area contributed by atoms with E-state index in [-0.39, 0.29) is 12.1 Å². The molecule has 7 heteroatoms. The van der Waals surface area contributed by atoms with Crippen LogP contribution in [-0.2, 0) is 9.59 Å². The van der Waals surface area contributed by atoms with Crippen LogP contribution in [-0.4, -0.2) is 17.0 Å². The summed E-state index contributed by atoms with van der Waals surface area (Å²) in [5.41, 5.74) is -0.190. The molecule has 0 aromatic heterocycles. The van der Waals surface area contributed by atoms with Gasteiger partial charge in [0.1, 0.15) is 0 Å². The largest absolute Gasteiger partial charge is 0.481 e. The monoisotopic (exact) mass is 287 g/mol. The molecule has 2 N–H and O–H groups in total. The Kier molecular flexibility index (Phi) is 3.96. The van der Waals surface area contributed by atoms with Crippen molar-refractivity contribution >= 4 is 17.6 Å². The first-order chi connectivity index (χ1) is 9.38. The minimum absolute atomic E-state index is 0.188. The van der Waals surface area contributed by atoms with Gasteiger partial charge in [0.2, 0.25) is 5.91 Å². The third-order valence-corrected chi connectivity index (χ3v) is 3.40. The number of carboxylic acid groups (broad SMARTS) is 1. The summed E-state index contributed by atoms with van der Waals surface area (Å²) in [6.45, 7) is 0. The number of anilines is 1. The summed E-state index contributed by atoms with van der Waals surface area (Å²) in [5.74, 6) is -6.96. The van der Waals surface area contributed by atoms with E-state index in [1.54, 1.807) is 0 Å². The lowest BCUT2D eigenvalue weighted by molar-refractivity contribution is -0.141. The maximum absolute atomic E-state index is 13.0. The van der Waals surface area contributed by atoms with Gasteiger partial charge in [0.05, 0.1) is 5.92 Å². The van der Waals surface area contributed by atoms with Crippen molar-refractivity contribution in [3.63, 3.8) is 0 Å². The zero-order chi connectivity index (χ0) is 14.9. The second kappa shape index (κ2) is 5.52. The highest BCUT2D eigenvalue weighted by molar-refractivity contribution is 5.93. The number of amides is 1. The van der Waals surface area contributed by atoms with E-state index in [0.717, 1.165) is 0 Å². The fraction of sp³-hybridized carbons (Fsp3) is 0.385. The highest BCUT2D eigenvalue weighted by atomic mass is 19.2. The summed E-state index contributed by atoms with van der Waals surface area (Å²) in [6, 6.07) is 1.36. The van der Waals surface area contributed by atoms with Crippen molar-refractivity contribution in [3.8, 4) is 0 Å². The van der Waals surface area contributed by atoms with Crippen molar-refractivity contribution in [2.24, 2.45) is 11.8 Å². The molecule has 1 amide bonds. The van der Waals surface area contributed by atoms with E-state index in [1.165, 1.54) is 0 Å². The third kappa shape index (κ3) is 2.92. The normalized spacial score (nSPS) is 21.8. The first-order valence-electron chi connectivity index (χ1n) is 6.06. The Balaban J connectivity index is 2.04. The van der Waals surface area contributed by atoms with E-state index in [1.807, 2.05) is 0 Å². The van der Waals surface area contributed by atoms with E-state index in [4.69, 9.17) is 5.11 Å². The van der Waals surface area contributed by atoms with Crippen molar-refractivity contribution in [1.29, 1.82) is 0 Å². The number of aliphatic carboxylic acids is 1. The lowest BCUT2D eigenvalue weighted by atomic mass is 10.0. The number of hydrogen-bond acceptors (Lipinski definition) is 2. The second-order valence-corrected chi connectivity index (χ2v) is 4.79. The predicted molar refractivity (Wildman–Crippen MR) is 63.4 cm³/mol. The molecule has 0 heterocycles.